The van der Waals surface area contributed by atoms with Gasteiger partial charge < -0.3 is 5.73 Å². The van der Waals surface area contributed by atoms with Crippen LogP contribution in [0.4, 0.5) is 0 Å². The van der Waals surface area contributed by atoms with E-state index in [9.17, 15) is 0 Å². The van der Waals surface area contributed by atoms with Crippen molar-refractivity contribution in [2.24, 2.45) is 5.73 Å². The number of aryl methyl sites for hydroxylation is 1. The summed E-state index contributed by atoms with van der Waals surface area (Å²) in [7, 11) is 0. The van der Waals surface area contributed by atoms with Crippen LogP contribution in [-0.4, -0.2) is 31.2 Å². The molecule has 2 aromatic heterocycles. The van der Waals surface area contributed by atoms with E-state index in [0.717, 1.165) is 24.1 Å². The van der Waals surface area contributed by atoms with E-state index < -0.39 is 0 Å². The highest BCUT2D eigenvalue weighted by atomic mass is 32.2. The van der Waals surface area contributed by atoms with E-state index in [0.29, 0.717) is 15.7 Å². The van der Waals surface area contributed by atoms with Gasteiger partial charge in [-0.05, 0) is 30.2 Å². The first-order valence-corrected chi connectivity index (χ1v) is 6.75. The van der Waals surface area contributed by atoms with Gasteiger partial charge >= 0.3 is 0 Å². The molecule has 100 valence electrons. The third-order valence-electron chi connectivity index (χ3n) is 2.67. The molecule has 0 amide bonds. The van der Waals surface area contributed by atoms with E-state index in [1.807, 2.05) is 13.8 Å². The number of hydrogen-bond donors (Lipinski definition) is 3. The number of H-pyrrole nitrogens is 1. The molecule has 2 heterocycles. The molecule has 0 aliphatic heterocycles. The van der Waals surface area contributed by atoms with E-state index in [-0.39, 0.29) is 5.84 Å². The molecule has 0 atom stereocenters. The standard InChI is InChI=1S/C11H15N7S/c1-3-6-7(4-2)16-17-10(8(6)9(12)13)19-11-14-5-15-18-11/h5H,3-4H2,1-2H3,(H3,12,13)(H,14,15,18). The number of nitrogens with one attached hydrogen (secondary N) is 2. The van der Waals surface area contributed by atoms with Crippen molar-refractivity contribution >= 4 is 17.6 Å². The molecular weight excluding hydrogens is 262 g/mol. The topological polar surface area (TPSA) is 117 Å². The highest BCUT2D eigenvalue weighted by molar-refractivity contribution is 7.99. The average Bonchev–Trinajstić information content (AvgIpc) is 2.90. The maximum Gasteiger partial charge on any atom is 0.189 e. The number of aromatic amines is 1. The number of nitrogen functional groups attached to an aromatic ring is 1. The fourth-order valence-electron chi connectivity index (χ4n) is 1.84. The Morgan fingerprint density at radius 3 is 2.68 bits per heavy atom. The molecular formula is C11H15N7S. The Labute approximate surface area is 114 Å². The van der Waals surface area contributed by atoms with E-state index in [1.165, 1.54) is 18.1 Å². The number of aromatic nitrogens is 5. The Hall–Kier alpha value is -1.96. The van der Waals surface area contributed by atoms with Gasteiger partial charge in [0, 0.05) is 0 Å². The summed E-state index contributed by atoms with van der Waals surface area (Å²) >= 11 is 1.27. The fraction of sp³-hybridized carbons (Fsp3) is 0.364. The van der Waals surface area contributed by atoms with Crippen molar-refractivity contribution in [2.45, 2.75) is 36.9 Å². The fourth-order valence-corrected chi connectivity index (χ4v) is 2.64. The van der Waals surface area contributed by atoms with Crippen LogP contribution in [0.3, 0.4) is 0 Å². The first-order valence-electron chi connectivity index (χ1n) is 5.93. The van der Waals surface area contributed by atoms with Gasteiger partial charge in [-0.25, -0.2) is 4.98 Å². The molecule has 0 unspecified atom stereocenters. The van der Waals surface area contributed by atoms with Crippen LogP contribution in [0.2, 0.25) is 0 Å². The molecule has 0 radical (unpaired) electrons. The molecule has 19 heavy (non-hydrogen) atoms. The molecule has 2 aromatic rings. The van der Waals surface area contributed by atoms with E-state index in [1.54, 1.807) is 0 Å². The lowest BCUT2D eigenvalue weighted by Crippen LogP contribution is -2.18. The van der Waals surface area contributed by atoms with Gasteiger partial charge in [0.25, 0.3) is 0 Å². The molecule has 0 aromatic carbocycles. The molecule has 7 nitrogen and oxygen atoms in total. The second-order valence-corrected chi connectivity index (χ2v) is 4.80. The average molecular weight is 277 g/mol. The molecule has 0 aliphatic carbocycles. The van der Waals surface area contributed by atoms with Gasteiger partial charge in [0.15, 0.2) is 5.16 Å². The molecule has 2 rings (SSSR count). The Morgan fingerprint density at radius 2 is 2.16 bits per heavy atom. The van der Waals surface area contributed by atoms with E-state index >= 15 is 0 Å². The second kappa shape index (κ2) is 5.79. The summed E-state index contributed by atoms with van der Waals surface area (Å²) in [5, 5.41) is 23.8. The molecule has 0 fully saturated rings. The molecule has 8 heteroatoms. The van der Waals surface area contributed by atoms with Gasteiger partial charge in [0.1, 0.15) is 17.2 Å². The minimum Gasteiger partial charge on any atom is -0.384 e. The van der Waals surface area contributed by atoms with Crippen molar-refractivity contribution in [3.8, 4) is 0 Å². The maximum atomic E-state index is 7.77. The van der Waals surface area contributed by atoms with Gasteiger partial charge in [0.2, 0.25) is 0 Å². The minimum atomic E-state index is 0.00321. The molecule has 0 saturated carbocycles. The number of nitrogens with two attached hydrogens (primary N) is 1. The lowest BCUT2D eigenvalue weighted by atomic mass is 10.0. The number of rotatable bonds is 5. The van der Waals surface area contributed by atoms with Crippen LogP contribution in [0.1, 0.15) is 30.7 Å². The summed E-state index contributed by atoms with van der Waals surface area (Å²) in [6.07, 6.45) is 2.95. The molecule has 0 saturated heterocycles. The van der Waals surface area contributed by atoms with E-state index in [4.69, 9.17) is 11.1 Å². The Bertz CT molecular complexity index is 579. The lowest BCUT2D eigenvalue weighted by Gasteiger charge is -2.12. The van der Waals surface area contributed by atoms with Crippen LogP contribution in [-0.2, 0) is 12.8 Å². The Balaban J connectivity index is 2.51. The summed E-state index contributed by atoms with van der Waals surface area (Å²) < 4.78 is 0. The zero-order chi connectivity index (χ0) is 13.8. The molecule has 0 spiro atoms. The zero-order valence-corrected chi connectivity index (χ0v) is 11.6. The Kier molecular flexibility index (Phi) is 4.10. The van der Waals surface area contributed by atoms with Crippen molar-refractivity contribution < 1.29 is 0 Å². The summed E-state index contributed by atoms with van der Waals surface area (Å²) in [5.41, 5.74) is 8.21. The molecule has 4 N–H and O–H groups in total. The molecule has 0 bridgehead atoms. The van der Waals surface area contributed by atoms with Gasteiger partial charge in [-0.2, -0.15) is 10.2 Å². The predicted molar refractivity (Wildman–Crippen MR) is 72.3 cm³/mol. The van der Waals surface area contributed by atoms with Gasteiger partial charge in [0.05, 0.1) is 11.3 Å². The largest absolute Gasteiger partial charge is 0.384 e. The number of nitrogens with zero attached hydrogens (tertiary/aromatic N) is 4. The Morgan fingerprint density at radius 1 is 1.37 bits per heavy atom. The van der Waals surface area contributed by atoms with Gasteiger partial charge in [-0.1, -0.05) is 13.8 Å². The summed E-state index contributed by atoms with van der Waals surface area (Å²) in [6.45, 7) is 4.03. The maximum absolute atomic E-state index is 7.77. The second-order valence-electron chi connectivity index (χ2n) is 3.82. The molecule has 0 aliphatic rings. The van der Waals surface area contributed by atoms with Gasteiger partial charge in [-0.3, -0.25) is 10.5 Å². The van der Waals surface area contributed by atoms with Crippen LogP contribution in [0.15, 0.2) is 16.5 Å². The van der Waals surface area contributed by atoms with Crippen molar-refractivity contribution in [1.82, 2.24) is 25.4 Å². The van der Waals surface area contributed by atoms with E-state index in [2.05, 4.69) is 25.4 Å². The third-order valence-corrected chi connectivity index (χ3v) is 3.54. The predicted octanol–water partition coefficient (Wildman–Crippen LogP) is 1.15. The van der Waals surface area contributed by atoms with Crippen LogP contribution in [0, 0.1) is 5.41 Å². The summed E-state index contributed by atoms with van der Waals surface area (Å²) in [4.78, 5) is 4.03. The zero-order valence-electron chi connectivity index (χ0n) is 10.8. The monoisotopic (exact) mass is 277 g/mol. The van der Waals surface area contributed by atoms with Crippen molar-refractivity contribution in [3.63, 3.8) is 0 Å². The number of hydrogen-bond acceptors (Lipinski definition) is 6. The quantitative estimate of drug-likeness (QED) is 0.557. The first-order chi connectivity index (χ1) is 9.17. The SMILES string of the molecule is CCc1nnc(Sc2ncn[nH]2)c(C(=N)N)c1CC. The van der Waals surface area contributed by atoms with Gasteiger partial charge in [-0.15, -0.1) is 5.10 Å². The normalized spacial score (nSPS) is 10.6. The smallest absolute Gasteiger partial charge is 0.189 e. The minimum absolute atomic E-state index is 0.00321. The van der Waals surface area contributed by atoms with Crippen molar-refractivity contribution in [2.75, 3.05) is 0 Å². The third kappa shape index (κ3) is 2.73. The van der Waals surface area contributed by atoms with Crippen LogP contribution >= 0.6 is 11.8 Å². The van der Waals surface area contributed by atoms with Crippen molar-refractivity contribution in [1.29, 1.82) is 5.41 Å². The van der Waals surface area contributed by atoms with Crippen LogP contribution in [0.5, 0.6) is 0 Å². The van der Waals surface area contributed by atoms with Crippen LogP contribution in [0.25, 0.3) is 0 Å². The summed E-state index contributed by atoms with van der Waals surface area (Å²) in [5.74, 6) is 0.00321. The highest BCUT2D eigenvalue weighted by Crippen LogP contribution is 2.28. The van der Waals surface area contributed by atoms with Crippen LogP contribution < -0.4 is 5.73 Å². The first kappa shape index (κ1) is 13.5. The van der Waals surface area contributed by atoms with Crippen molar-refractivity contribution in [3.05, 3.63) is 23.1 Å². The summed E-state index contributed by atoms with van der Waals surface area (Å²) in [6, 6.07) is 0. The number of amidine groups is 1. The highest BCUT2D eigenvalue weighted by Gasteiger charge is 2.18. The lowest BCUT2D eigenvalue weighted by molar-refractivity contribution is 0.816.